The van der Waals surface area contributed by atoms with Crippen molar-refractivity contribution >= 4 is 16.1 Å². The molecule has 3 rings (SSSR count). The Hall–Kier alpha value is -0.606. The highest BCUT2D eigenvalue weighted by Gasteiger charge is 2.51. The van der Waals surface area contributed by atoms with E-state index in [1.165, 1.54) is 12.8 Å². The van der Waals surface area contributed by atoms with Gasteiger partial charge >= 0.3 is 0 Å². The molecule has 1 fully saturated rings. The van der Waals surface area contributed by atoms with Crippen LogP contribution in [0, 0.1) is 11.8 Å². The molecule has 0 unspecified atom stereocenters. The smallest absolute Gasteiger partial charge is 0.0722 e. The molecule has 2 aliphatic carbocycles. The minimum absolute atomic E-state index is 0.804. The Morgan fingerprint density at radius 1 is 0.714 bits per heavy atom. The zero-order valence-electron chi connectivity index (χ0n) is 14.5. The van der Waals surface area contributed by atoms with Gasteiger partial charge in [-0.25, -0.2) is 0 Å². The van der Waals surface area contributed by atoms with Gasteiger partial charge < -0.3 is 0 Å². The van der Waals surface area contributed by atoms with Gasteiger partial charge in [0.25, 0.3) is 0 Å². The highest BCUT2D eigenvalue weighted by Crippen LogP contribution is 2.59. The molecule has 21 heavy (non-hydrogen) atoms. The van der Waals surface area contributed by atoms with Gasteiger partial charge in [-0.1, -0.05) is 80.0 Å². The molecule has 0 spiro atoms. The molecule has 1 aromatic carbocycles. The summed E-state index contributed by atoms with van der Waals surface area (Å²) in [6, 6.07) is 11.3. The second-order valence-corrected chi connectivity index (χ2v) is 19.2. The summed E-state index contributed by atoms with van der Waals surface area (Å²) in [6.45, 7) is 15.4. The van der Waals surface area contributed by atoms with Crippen molar-refractivity contribution in [3.8, 4) is 0 Å². The van der Waals surface area contributed by atoms with Gasteiger partial charge in [0, 0.05) is 0 Å². The third-order valence-corrected chi connectivity index (χ3v) is 10.3. The van der Waals surface area contributed by atoms with Gasteiger partial charge in [-0.3, -0.25) is 0 Å². The van der Waals surface area contributed by atoms with E-state index in [1.807, 2.05) is 10.4 Å². The summed E-state index contributed by atoms with van der Waals surface area (Å²) in [5.41, 5.74) is 1.59. The fraction of sp³-hybridized carbons (Fsp3) is 0.579. The molecule has 114 valence electrons. The van der Waals surface area contributed by atoms with E-state index in [9.17, 15) is 0 Å². The molecule has 0 aromatic heterocycles. The summed E-state index contributed by atoms with van der Waals surface area (Å²) in [5.74, 6) is 2.58. The van der Waals surface area contributed by atoms with E-state index >= 15 is 0 Å². The summed E-state index contributed by atoms with van der Waals surface area (Å²) < 4.78 is 0. The van der Waals surface area contributed by atoms with Crippen LogP contribution in [0.5, 0.6) is 0 Å². The molecular weight excluding hydrogens is 284 g/mol. The van der Waals surface area contributed by atoms with E-state index in [0.717, 1.165) is 17.8 Å². The largest absolute Gasteiger partial charge is 0.0822 e. The summed E-state index contributed by atoms with van der Waals surface area (Å²) in [4.78, 5) is 0. The fourth-order valence-electron chi connectivity index (χ4n) is 5.06. The minimum Gasteiger partial charge on any atom is -0.0822 e. The molecule has 0 aliphatic heterocycles. The highest BCUT2D eigenvalue weighted by molar-refractivity contribution is 6.89. The van der Waals surface area contributed by atoms with Gasteiger partial charge in [0.05, 0.1) is 16.1 Å². The van der Waals surface area contributed by atoms with Gasteiger partial charge in [-0.2, -0.15) is 0 Å². The van der Waals surface area contributed by atoms with Crippen molar-refractivity contribution in [3.63, 3.8) is 0 Å². The molecule has 0 radical (unpaired) electrons. The van der Waals surface area contributed by atoms with Crippen LogP contribution in [0.25, 0.3) is 0 Å². The number of fused-ring (bicyclic) bond motifs is 2. The fourth-order valence-corrected chi connectivity index (χ4v) is 12.2. The third-order valence-electron chi connectivity index (χ3n) is 5.48. The molecule has 0 nitrogen and oxygen atoms in total. The lowest BCUT2D eigenvalue weighted by atomic mass is 9.86. The van der Waals surface area contributed by atoms with Crippen molar-refractivity contribution in [2.75, 3.05) is 0 Å². The van der Waals surface area contributed by atoms with Crippen LogP contribution in [0.15, 0.2) is 40.7 Å². The SMILES string of the molecule is C[Si](C)(C)C1=C([Si](C)(C)C)[C@@H]2C[C@H]1C[C@H]2c1ccccc1. The van der Waals surface area contributed by atoms with Gasteiger partial charge in [0.2, 0.25) is 0 Å². The number of benzene rings is 1. The predicted octanol–water partition coefficient (Wildman–Crippen LogP) is 5.86. The molecule has 0 saturated heterocycles. The first-order valence-electron chi connectivity index (χ1n) is 8.49. The molecular formula is C19H30Si2. The van der Waals surface area contributed by atoms with Gasteiger partial charge in [-0.15, -0.1) is 0 Å². The zero-order chi connectivity index (χ0) is 15.4. The van der Waals surface area contributed by atoms with Crippen LogP contribution in [0.2, 0.25) is 39.3 Å². The van der Waals surface area contributed by atoms with E-state index in [-0.39, 0.29) is 0 Å². The Bertz CT molecular complexity index is 557. The number of hydrogen-bond donors (Lipinski definition) is 0. The molecule has 2 bridgehead atoms. The van der Waals surface area contributed by atoms with Crippen LogP contribution < -0.4 is 0 Å². The van der Waals surface area contributed by atoms with E-state index in [1.54, 1.807) is 5.56 Å². The van der Waals surface area contributed by atoms with Crippen molar-refractivity contribution in [1.82, 2.24) is 0 Å². The maximum absolute atomic E-state index is 2.57. The van der Waals surface area contributed by atoms with Crippen LogP contribution in [-0.4, -0.2) is 16.1 Å². The highest BCUT2D eigenvalue weighted by atomic mass is 28.3. The monoisotopic (exact) mass is 314 g/mol. The Morgan fingerprint density at radius 3 is 1.76 bits per heavy atom. The van der Waals surface area contributed by atoms with Crippen molar-refractivity contribution in [2.45, 2.75) is 58.0 Å². The molecule has 2 heteroatoms. The van der Waals surface area contributed by atoms with Crippen LogP contribution in [0.4, 0.5) is 0 Å². The van der Waals surface area contributed by atoms with Crippen LogP contribution in [-0.2, 0) is 0 Å². The predicted molar refractivity (Wildman–Crippen MR) is 99.1 cm³/mol. The van der Waals surface area contributed by atoms with Crippen molar-refractivity contribution in [2.24, 2.45) is 11.8 Å². The molecule has 0 amide bonds. The normalized spacial score (nSPS) is 29.3. The Labute approximate surface area is 132 Å². The Morgan fingerprint density at radius 2 is 1.24 bits per heavy atom. The summed E-state index contributed by atoms with van der Waals surface area (Å²) in [7, 11) is -2.38. The quantitative estimate of drug-likeness (QED) is 0.613. The average Bonchev–Trinajstić information content (AvgIpc) is 2.95. The first kappa shape index (κ1) is 15.3. The van der Waals surface area contributed by atoms with Gasteiger partial charge in [0.1, 0.15) is 0 Å². The maximum atomic E-state index is 2.57. The summed E-state index contributed by atoms with van der Waals surface area (Å²) in [5, 5.41) is 3.96. The van der Waals surface area contributed by atoms with Crippen LogP contribution in [0.1, 0.15) is 24.3 Å². The van der Waals surface area contributed by atoms with Crippen molar-refractivity contribution in [3.05, 3.63) is 46.3 Å². The van der Waals surface area contributed by atoms with Gasteiger partial charge in [-0.05, 0) is 36.2 Å². The summed E-state index contributed by atoms with van der Waals surface area (Å²) >= 11 is 0. The van der Waals surface area contributed by atoms with Crippen LogP contribution >= 0.6 is 0 Å². The van der Waals surface area contributed by atoms with Crippen molar-refractivity contribution in [1.29, 1.82) is 0 Å². The lowest BCUT2D eigenvalue weighted by Gasteiger charge is -2.38. The second-order valence-electron chi connectivity index (χ2n) is 9.12. The average molecular weight is 315 g/mol. The lowest BCUT2D eigenvalue weighted by molar-refractivity contribution is 0.569. The van der Waals surface area contributed by atoms with E-state index in [0.29, 0.717) is 0 Å². The van der Waals surface area contributed by atoms with Crippen LogP contribution in [0.3, 0.4) is 0 Å². The Balaban J connectivity index is 2.06. The molecule has 1 saturated carbocycles. The molecule has 3 atom stereocenters. The third kappa shape index (κ3) is 2.61. The maximum Gasteiger partial charge on any atom is 0.0722 e. The Kier molecular flexibility index (Phi) is 3.61. The van der Waals surface area contributed by atoms with E-state index in [4.69, 9.17) is 0 Å². The number of allylic oxidation sites excluding steroid dienone is 2. The lowest BCUT2D eigenvalue weighted by Crippen LogP contribution is -2.38. The first-order chi connectivity index (χ1) is 9.69. The minimum atomic E-state index is -1.21. The standard InChI is InChI=1S/C19H30Si2/c1-20(2,3)18-15-12-16(14-10-8-7-9-11-14)17(13-15)19(18)21(4,5)6/h7-11,15-17H,12-13H2,1-6H3/t15-,16+,17-/m1/s1. The van der Waals surface area contributed by atoms with Gasteiger partial charge in [0.15, 0.2) is 0 Å². The molecule has 0 heterocycles. The second kappa shape index (κ2) is 4.95. The topological polar surface area (TPSA) is 0 Å². The number of rotatable bonds is 3. The van der Waals surface area contributed by atoms with E-state index in [2.05, 4.69) is 69.6 Å². The first-order valence-corrected chi connectivity index (χ1v) is 15.5. The van der Waals surface area contributed by atoms with E-state index < -0.39 is 16.1 Å². The molecule has 1 aromatic rings. The summed E-state index contributed by atoms with van der Waals surface area (Å²) in [6.07, 6.45) is 2.88. The number of hydrogen-bond acceptors (Lipinski definition) is 0. The zero-order valence-corrected chi connectivity index (χ0v) is 16.5. The van der Waals surface area contributed by atoms with Crippen molar-refractivity contribution < 1.29 is 0 Å². The molecule has 0 N–H and O–H groups in total. The molecule has 2 aliphatic rings.